The molecule has 1 aliphatic carbocycles. The first-order chi connectivity index (χ1) is 32.0. The zero-order valence-corrected chi connectivity index (χ0v) is 36.4. The molecule has 2 nitrogen and oxygen atoms in total. The third kappa shape index (κ3) is 6.65. The number of nitrogens with zero attached hydrogens (tertiary/aromatic N) is 1. The van der Waals surface area contributed by atoms with Gasteiger partial charge in [-0.25, -0.2) is 0 Å². The highest BCUT2D eigenvalue weighted by atomic mass is 16.5. The van der Waals surface area contributed by atoms with E-state index >= 15 is 0 Å². The molecule has 0 N–H and O–H groups in total. The van der Waals surface area contributed by atoms with E-state index in [9.17, 15) is 0 Å². The molecular weight excluding hydrogens is 787 g/mol. The lowest BCUT2D eigenvalue weighted by molar-refractivity contribution is 0.488. The molecule has 0 aromatic heterocycles. The van der Waals surface area contributed by atoms with Gasteiger partial charge < -0.3 is 9.64 Å². The molecule has 0 saturated heterocycles. The van der Waals surface area contributed by atoms with Crippen molar-refractivity contribution in [1.29, 1.82) is 0 Å². The Balaban J connectivity index is 0.885. The first-order valence-electron chi connectivity index (χ1n) is 22.5. The Morgan fingerprint density at radius 2 is 0.769 bits per heavy atom. The van der Waals surface area contributed by atoms with Gasteiger partial charge in [0.05, 0.1) is 0 Å². The smallest absolute Gasteiger partial charge is 0.135 e. The van der Waals surface area contributed by atoms with E-state index in [1.807, 2.05) is 0 Å². The summed E-state index contributed by atoms with van der Waals surface area (Å²) < 4.78 is 6.79. The van der Waals surface area contributed by atoms with Gasteiger partial charge in [-0.3, -0.25) is 0 Å². The molecule has 1 heterocycles. The van der Waals surface area contributed by atoms with E-state index in [4.69, 9.17) is 4.74 Å². The summed E-state index contributed by atoms with van der Waals surface area (Å²) in [5.74, 6) is 1.72. The van der Waals surface area contributed by atoms with Crippen molar-refractivity contribution in [2.24, 2.45) is 0 Å². The molecule has 2 heteroatoms. The van der Waals surface area contributed by atoms with Gasteiger partial charge >= 0.3 is 0 Å². The van der Waals surface area contributed by atoms with Crippen molar-refractivity contribution in [3.8, 4) is 89.4 Å². The fourth-order valence-corrected chi connectivity index (χ4v) is 10.2. The van der Waals surface area contributed by atoms with Crippen LogP contribution in [0.25, 0.3) is 77.9 Å². The van der Waals surface area contributed by atoms with Crippen LogP contribution in [0.4, 0.5) is 17.1 Å². The van der Waals surface area contributed by atoms with Gasteiger partial charge in [-0.2, -0.15) is 0 Å². The minimum Gasteiger partial charge on any atom is -0.456 e. The lowest BCUT2D eigenvalue weighted by Crippen LogP contribution is -2.16. The molecule has 0 saturated carbocycles. The Kier molecular flexibility index (Phi) is 9.21. The molecule has 0 fully saturated rings. The van der Waals surface area contributed by atoms with Crippen LogP contribution in [0.15, 0.2) is 237 Å². The Labute approximate surface area is 381 Å². The predicted molar refractivity (Wildman–Crippen MR) is 271 cm³/mol. The normalized spacial score (nSPS) is 12.7. The molecule has 12 rings (SSSR count). The first kappa shape index (κ1) is 38.5. The quantitative estimate of drug-likeness (QED) is 0.159. The van der Waals surface area contributed by atoms with E-state index in [0.29, 0.717) is 0 Å². The van der Waals surface area contributed by atoms with Crippen LogP contribution in [0.2, 0.25) is 0 Å². The number of ether oxygens (including phenoxy) is 1. The van der Waals surface area contributed by atoms with Gasteiger partial charge in [-0.15, -0.1) is 0 Å². The molecule has 0 amide bonds. The average Bonchev–Trinajstić information content (AvgIpc) is 3.49. The molecule has 0 spiro atoms. The monoisotopic (exact) mass is 831 g/mol. The minimum absolute atomic E-state index is 0.104. The van der Waals surface area contributed by atoms with Gasteiger partial charge in [0.15, 0.2) is 0 Å². The first-order valence-corrected chi connectivity index (χ1v) is 22.5. The van der Waals surface area contributed by atoms with Crippen LogP contribution in [-0.4, -0.2) is 0 Å². The van der Waals surface area contributed by atoms with E-state index < -0.39 is 0 Å². The summed E-state index contributed by atoms with van der Waals surface area (Å²) in [6, 6.07) is 85.6. The van der Waals surface area contributed by atoms with Gasteiger partial charge in [-0.1, -0.05) is 196 Å². The third-order valence-corrected chi connectivity index (χ3v) is 13.5. The fraction of sp³-hybridized carbons (Fsp3) is 0.0476. The maximum atomic E-state index is 6.79. The summed E-state index contributed by atoms with van der Waals surface area (Å²) >= 11 is 0. The number of hydrogen-bond donors (Lipinski definition) is 0. The lowest BCUT2D eigenvalue weighted by atomic mass is 9.82. The summed E-state index contributed by atoms with van der Waals surface area (Å²) in [6.07, 6.45) is 0. The second-order valence-corrected chi connectivity index (χ2v) is 17.7. The summed E-state index contributed by atoms with van der Waals surface area (Å²) in [4.78, 5) is 2.39. The second-order valence-electron chi connectivity index (χ2n) is 17.7. The van der Waals surface area contributed by atoms with Crippen LogP contribution < -0.4 is 9.64 Å². The number of hydrogen-bond acceptors (Lipinski definition) is 2. The number of anilines is 3. The predicted octanol–water partition coefficient (Wildman–Crippen LogP) is 17.6. The van der Waals surface area contributed by atoms with Crippen LogP contribution in [0, 0.1) is 0 Å². The van der Waals surface area contributed by atoms with Crippen molar-refractivity contribution in [1.82, 2.24) is 0 Å². The van der Waals surface area contributed by atoms with Gasteiger partial charge in [-0.05, 0) is 132 Å². The van der Waals surface area contributed by atoms with Crippen molar-refractivity contribution >= 4 is 17.1 Å². The Morgan fingerprint density at radius 3 is 1.43 bits per heavy atom. The SMILES string of the molecule is CC1(C)c2ccccc2-c2ccc(N(c3ccc(-c4ccccc4)cc3)c3ccc(-c4ccc(-c5cccc6c5-c5ccccc5-c5cc(-c7ccccc7)ccc5O6)cc4)cc3)cc21. The third-order valence-electron chi connectivity index (χ3n) is 13.5. The van der Waals surface area contributed by atoms with Crippen molar-refractivity contribution in [3.05, 3.63) is 248 Å². The molecule has 1 aliphatic heterocycles. The zero-order valence-electron chi connectivity index (χ0n) is 36.4. The van der Waals surface area contributed by atoms with Crippen LogP contribution in [0.3, 0.4) is 0 Å². The molecule has 65 heavy (non-hydrogen) atoms. The van der Waals surface area contributed by atoms with Crippen LogP contribution in [0.5, 0.6) is 11.5 Å². The number of rotatable bonds is 7. The number of fused-ring (bicyclic) bond motifs is 8. The van der Waals surface area contributed by atoms with Crippen LogP contribution in [-0.2, 0) is 5.41 Å². The molecule has 10 aromatic rings. The van der Waals surface area contributed by atoms with Crippen molar-refractivity contribution in [2.45, 2.75) is 19.3 Å². The summed E-state index contributed by atoms with van der Waals surface area (Å²) in [5.41, 5.74) is 22.5. The van der Waals surface area contributed by atoms with E-state index in [0.717, 1.165) is 73.1 Å². The van der Waals surface area contributed by atoms with Gasteiger partial charge in [0.25, 0.3) is 0 Å². The minimum atomic E-state index is -0.104. The van der Waals surface area contributed by atoms with E-state index in [1.165, 1.54) is 44.5 Å². The van der Waals surface area contributed by atoms with Gasteiger partial charge in [0, 0.05) is 33.6 Å². The maximum Gasteiger partial charge on any atom is 0.135 e. The Morgan fingerprint density at radius 1 is 0.292 bits per heavy atom. The van der Waals surface area contributed by atoms with E-state index in [-0.39, 0.29) is 5.41 Å². The fourth-order valence-electron chi connectivity index (χ4n) is 10.2. The highest BCUT2D eigenvalue weighted by molar-refractivity contribution is 5.98. The largest absolute Gasteiger partial charge is 0.456 e. The topological polar surface area (TPSA) is 12.5 Å². The molecular formula is C63H45NO. The van der Waals surface area contributed by atoms with Gasteiger partial charge in [0.2, 0.25) is 0 Å². The average molecular weight is 832 g/mol. The second kappa shape index (κ2) is 15.6. The summed E-state index contributed by atoms with van der Waals surface area (Å²) in [6.45, 7) is 4.70. The Hall–Kier alpha value is -8.20. The highest BCUT2D eigenvalue weighted by Crippen LogP contribution is 2.52. The molecule has 0 bridgehead atoms. The van der Waals surface area contributed by atoms with E-state index in [1.54, 1.807) is 0 Å². The molecule has 10 aromatic carbocycles. The van der Waals surface area contributed by atoms with E-state index in [2.05, 4.69) is 255 Å². The lowest BCUT2D eigenvalue weighted by Gasteiger charge is -2.28. The van der Waals surface area contributed by atoms with Crippen LogP contribution in [0.1, 0.15) is 25.0 Å². The van der Waals surface area contributed by atoms with Crippen molar-refractivity contribution in [2.75, 3.05) is 4.90 Å². The Bertz CT molecular complexity index is 3390. The molecule has 0 radical (unpaired) electrons. The molecule has 308 valence electrons. The zero-order chi connectivity index (χ0) is 43.5. The standard InChI is InChI=1S/C63H45NO/c1-63(2)58-22-12-11-19-54(58)55-38-37-51(41-59(55)63)64(49-33-28-45(29-34-49)42-14-5-3-6-15-42)50-35-30-46(31-36-50)44-24-26-47(27-25-44)52-21-13-23-61-62(52)56-20-10-9-18-53(56)57-40-48(32-39-60(57)65-61)43-16-7-4-8-17-43/h3-41H,1-2H3. The molecule has 0 unspecified atom stereocenters. The summed E-state index contributed by atoms with van der Waals surface area (Å²) in [7, 11) is 0. The number of benzene rings is 10. The van der Waals surface area contributed by atoms with Crippen LogP contribution >= 0.6 is 0 Å². The van der Waals surface area contributed by atoms with Crippen molar-refractivity contribution in [3.63, 3.8) is 0 Å². The molecule has 0 atom stereocenters. The summed E-state index contributed by atoms with van der Waals surface area (Å²) in [5, 5.41) is 0. The molecule has 2 aliphatic rings. The highest BCUT2D eigenvalue weighted by Gasteiger charge is 2.36. The maximum absolute atomic E-state index is 6.79. The van der Waals surface area contributed by atoms with Gasteiger partial charge in [0.1, 0.15) is 11.5 Å². The van der Waals surface area contributed by atoms with Crippen molar-refractivity contribution < 1.29 is 4.74 Å².